The second-order valence-electron chi connectivity index (χ2n) is 4.76. The van der Waals surface area contributed by atoms with Crippen molar-refractivity contribution in [3.63, 3.8) is 0 Å². The van der Waals surface area contributed by atoms with E-state index in [0.29, 0.717) is 17.8 Å². The van der Waals surface area contributed by atoms with Gasteiger partial charge in [-0.25, -0.2) is 0 Å². The molecule has 0 rings (SSSR count). The number of rotatable bonds is 6. The zero-order chi connectivity index (χ0) is 13.5. The molecule has 0 fully saturated rings. The van der Waals surface area contributed by atoms with E-state index in [1.54, 1.807) is 6.92 Å². The molecular formula is C10H20N2O4Si. The van der Waals surface area contributed by atoms with E-state index in [4.69, 9.17) is 14.8 Å². The third-order valence-corrected chi connectivity index (χ3v) is 2.65. The molecule has 0 unspecified atom stereocenters. The van der Waals surface area contributed by atoms with Crippen molar-refractivity contribution in [2.75, 3.05) is 0 Å². The van der Waals surface area contributed by atoms with Gasteiger partial charge in [-0.1, -0.05) is 10.3 Å². The fourth-order valence-electron chi connectivity index (χ4n) is 1.14. The number of carbonyl (C=O) groups excluding carboxylic acids is 1. The molecule has 0 aliphatic heterocycles. The number of hydrogen-bond donors (Lipinski definition) is 2. The van der Waals surface area contributed by atoms with Crippen LogP contribution >= 0.6 is 0 Å². The fraction of sp³-hybridized carbons (Fsp3) is 0.700. The topological polar surface area (TPSA) is 91.5 Å². The van der Waals surface area contributed by atoms with E-state index in [1.807, 2.05) is 19.6 Å². The minimum absolute atomic E-state index is 0.169. The molecule has 0 aromatic heterocycles. The van der Waals surface area contributed by atoms with Crippen LogP contribution in [0.2, 0.25) is 19.6 Å². The second kappa shape index (κ2) is 7.05. The summed E-state index contributed by atoms with van der Waals surface area (Å²) >= 11 is 0. The lowest BCUT2D eigenvalue weighted by Crippen LogP contribution is -2.29. The lowest BCUT2D eigenvalue weighted by atomic mass is 10.1. The van der Waals surface area contributed by atoms with Crippen molar-refractivity contribution in [1.29, 1.82) is 0 Å². The van der Waals surface area contributed by atoms with Crippen LogP contribution in [0.15, 0.2) is 10.3 Å². The van der Waals surface area contributed by atoms with Crippen LogP contribution in [0.4, 0.5) is 0 Å². The summed E-state index contributed by atoms with van der Waals surface area (Å²) in [5.74, 6) is -0.288. The van der Waals surface area contributed by atoms with Gasteiger partial charge in [-0.05, 0) is 33.0 Å². The molecule has 98 valence electrons. The highest BCUT2D eigenvalue weighted by Gasteiger charge is 2.20. The zero-order valence-corrected chi connectivity index (χ0v) is 11.7. The second-order valence-corrected chi connectivity index (χ2v) is 9.19. The SMILES string of the molecule is C/C(C/C(CCC(=O)O[Si](C)(C)C)=N/O)=N\O. The molecule has 0 bridgehead atoms. The molecule has 17 heavy (non-hydrogen) atoms. The van der Waals surface area contributed by atoms with Crippen molar-refractivity contribution < 1.29 is 19.6 Å². The van der Waals surface area contributed by atoms with Crippen molar-refractivity contribution in [3.8, 4) is 0 Å². The highest BCUT2D eigenvalue weighted by atomic mass is 28.4. The van der Waals surface area contributed by atoms with Gasteiger partial charge in [-0.15, -0.1) is 0 Å². The highest BCUT2D eigenvalue weighted by Crippen LogP contribution is 2.07. The Balaban J connectivity index is 4.13. The first-order valence-electron chi connectivity index (χ1n) is 5.37. The Morgan fingerprint density at radius 2 is 1.76 bits per heavy atom. The van der Waals surface area contributed by atoms with Crippen LogP contribution in [0.1, 0.15) is 26.2 Å². The van der Waals surface area contributed by atoms with Crippen LogP contribution in [0.5, 0.6) is 0 Å². The Labute approximate surface area is 102 Å². The van der Waals surface area contributed by atoms with E-state index in [-0.39, 0.29) is 18.8 Å². The minimum Gasteiger partial charge on any atom is -0.520 e. The van der Waals surface area contributed by atoms with E-state index in [0.717, 1.165) is 0 Å². The van der Waals surface area contributed by atoms with Gasteiger partial charge in [-0.2, -0.15) is 0 Å². The largest absolute Gasteiger partial charge is 0.520 e. The molecule has 2 N–H and O–H groups in total. The lowest BCUT2D eigenvalue weighted by molar-refractivity contribution is -0.134. The van der Waals surface area contributed by atoms with Crippen molar-refractivity contribution in [2.24, 2.45) is 10.3 Å². The van der Waals surface area contributed by atoms with Gasteiger partial charge in [-0.3, -0.25) is 4.79 Å². The van der Waals surface area contributed by atoms with Gasteiger partial charge in [0.1, 0.15) is 0 Å². The third kappa shape index (κ3) is 8.44. The Hall–Kier alpha value is -1.37. The predicted molar refractivity (Wildman–Crippen MR) is 67.4 cm³/mol. The maximum Gasteiger partial charge on any atom is 0.292 e. The van der Waals surface area contributed by atoms with Crippen LogP contribution in [0.3, 0.4) is 0 Å². The van der Waals surface area contributed by atoms with Gasteiger partial charge in [0.15, 0.2) is 0 Å². The monoisotopic (exact) mass is 260 g/mol. The van der Waals surface area contributed by atoms with Crippen molar-refractivity contribution >= 4 is 25.7 Å². The molecule has 6 nitrogen and oxygen atoms in total. The molecule has 0 radical (unpaired) electrons. The maximum atomic E-state index is 11.4. The molecule has 7 heteroatoms. The first-order valence-corrected chi connectivity index (χ1v) is 8.78. The summed E-state index contributed by atoms with van der Waals surface area (Å²) < 4.78 is 5.25. The van der Waals surface area contributed by atoms with E-state index < -0.39 is 8.32 Å². The molecule has 0 aliphatic carbocycles. The lowest BCUT2D eigenvalue weighted by Gasteiger charge is -2.17. The number of carbonyl (C=O) groups is 1. The number of nitrogens with zero attached hydrogens (tertiary/aromatic N) is 2. The first-order chi connectivity index (χ1) is 7.78. The maximum absolute atomic E-state index is 11.4. The van der Waals surface area contributed by atoms with E-state index in [2.05, 4.69) is 10.3 Å². The molecule has 0 atom stereocenters. The molecule has 0 heterocycles. The van der Waals surface area contributed by atoms with Crippen molar-refractivity contribution in [3.05, 3.63) is 0 Å². The molecule has 0 spiro atoms. The summed E-state index contributed by atoms with van der Waals surface area (Å²) in [5, 5.41) is 23.2. The van der Waals surface area contributed by atoms with Gasteiger partial charge in [0.25, 0.3) is 5.97 Å². The van der Waals surface area contributed by atoms with Gasteiger partial charge < -0.3 is 14.8 Å². The summed E-state index contributed by atoms with van der Waals surface area (Å²) in [4.78, 5) is 11.4. The Bertz CT molecular complexity index is 321. The Kier molecular flexibility index (Phi) is 6.48. The molecule has 0 amide bonds. The van der Waals surface area contributed by atoms with Gasteiger partial charge in [0.2, 0.25) is 8.32 Å². The number of oxime groups is 2. The smallest absolute Gasteiger partial charge is 0.292 e. The average Bonchev–Trinajstić information content (AvgIpc) is 2.21. The van der Waals surface area contributed by atoms with Crippen LogP contribution in [0.25, 0.3) is 0 Å². The standard InChI is InChI=1S/C10H20N2O4Si/c1-8(11-14)7-9(12-15)5-6-10(13)16-17(2,3)4/h14-15H,5-7H2,1-4H3/b11-8+,12-9+. The van der Waals surface area contributed by atoms with Crippen LogP contribution < -0.4 is 0 Å². The van der Waals surface area contributed by atoms with Crippen molar-refractivity contribution in [2.45, 2.75) is 45.8 Å². The molecule has 0 saturated carbocycles. The summed E-state index contributed by atoms with van der Waals surface area (Å²) in [6.07, 6.45) is 0.711. The Morgan fingerprint density at radius 3 is 2.18 bits per heavy atom. The quantitative estimate of drug-likeness (QED) is 0.331. The summed E-state index contributed by atoms with van der Waals surface area (Å²) in [5.41, 5.74) is 0.823. The summed E-state index contributed by atoms with van der Waals surface area (Å²) in [7, 11) is -1.86. The van der Waals surface area contributed by atoms with E-state index in [1.165, 1.54) is 0 Å². The van der Waals surface area contributed by atoms with Crippen molar-refractivity contribution in [1.82, 2.24) is 0 Å². The zero-order valence-electron chi connectivity index (χ0n) is 10.7. The fourth-order valence-corrected chi connectivity index (χ4v) is 1.93. The molecule has 0 saturated heterocycles. The predicted octanol–water partition coefficient (Wildman–Crippen LogP) is 2.22. The summed E-state index contributed by atoms with van der Waals surface area (Å²) in [6.45, 7) is 7.38. The van der Waals surface area contributed by atoms with Crippen LogP contribution in [-0.2, 0) is 9.22 Å². The highest BCUT2D eigenvalue weighted by molar-refractivity contribution is 6.71. The Morgan fingerprint density at radius 1 is 1.18 bits per heavy atom. The van der Waals surface area contributed by atoms with Gasteiger partial charge in [0, 0.05) is 12.8 Å². The van der Waals surface area contributed by atoms with Gasteiger partial charge >= 0.3 is 0 Å². The van der Waals surface area contributed by atoms with E-state index >= 15 is 0 Å². The average molecular weight is 260 g/mol. The molecular weight excluding hydrogens is 240 g/mol. The van der Waals surface area contributed by atoms with Gasteiger partial charge in [0.05, 0.1) is 11.4 Å². The van der Waals surface area contributed by atoms with Crippen LogP contribution in [-0.4, -0.2) is 36.1 Å². The molecule has 0 aromatic carbocycles. The molecule has 0 aromatic rings. The normalized spacial score (nSPS) is 13.6. The first kappa shape index (κ1) is 15.6. The molecule has 0 aliphatic rings. The minimum atomic E-state index is -1.86. The summed E-state index contributed by atoms with van der Waals surface area (Å²) in [6, 6.07) is 0. The van der Waals surface area contributed by atoms with Crippen LogP contribution in [0, 0.1) is 0 Å². The van der Waals surface area contributed by atoms with E-state index in [9.17, 15) is 4.79 Å². The number of hydrogen-bond acceptors (Lipinski definition) is 6. The third-order valence-electron chi connectivity index (χ3n) is 1.81.